The summed E-state index contributed by atoms with van der Waals surface area (Å²) in [4.78, 5) is 36.3. The van der Waals surface area contributed by atoms with Gasteiger partial charge in [-0.3, -0.25) is 14.4 Å². The highest BCUT2D eigenvalue weighted by atomic mass is 19.1. The van der Waals surface area contributed by atoms with Gasteiger partial charge in [-0.05, 0) is 74.5 Å². The van der Waals surface area contributed by atoms with Gasteiger partial charge >= 0.3 is 0 Å². The first-order valence-corrected chi connectivity index (χ1v) is 9.32. The molecule has 0 saturated heterocycles. The second-order valence-electron chi connectivity index (χ2n) is 6.75. The summed E-state index contributed by atoms with van der Waals surface area (Å²) >= 11 is 0. The fraction of sp³-hybridized carbons (Fsp3) is 0.125. The molecule has 0 bridgehead atoms. The molecule has 3 aromatic carbocycles. The van der Waals surface area contributed by atoms with Crippen LogP contribution in [-0.4, -0.2) is 23.6 Å². The topological polar surface area (TPSA) is 72.5 Å². The molecule has 0 fully saturated rings. The number of ketones is 2. The van der Waals surface area contributed by atoms with Gasteiger partial charge < -0.3 is 10.1 Å². The van der Waals surface area contributed by atoms with Crippen LogP contribution < -0.4 is 10.1 Å². The zero-order valence-corrected chi connectivity index (χ0v) is 16.5. The molecule has 0 spiro atoms. The standard InChI is InChI=1S/C24H20FNO4/c1-15(27)19-4-3-5-21(14-19)26-24(29)16(2)30-22-12-8-18(9-13-22)23(28)17-6-10-20(25)11-7-17/h3-14,16H,1-2H3,(H,26,29)/t16-/m0/s1. The highest BCUT2D eigenvalue weighted by Crippen LogP contribution is 2.18. The van der Waals surface area contributed by atoms with Crippen molar-refractivity contribution in [1.29, 1.82) is 0 Å². The van der Waals surface area contributed by atoms with Crippen LogP contribution in [0.4, 0.5) is 10.1 Å². The van der Waals surface area contributed by atoms with Crippen LogP contribution in [0.15, 0.2) is 72.8 Å². The van der Waals surface area contributed by atoms with Crippen molar-refractivity contribution < 1.29 is 23.5 Å². The number of Topliss-reactive ketones (excluding diaryl/α,β-unsaturated/α-hetero) is 1. The largest absolute Gasteiger partial charge is 0.481 e. The van der Waals surface area contributed by atoms with Crippen molar-refractivity contribution in [2.75, 3.05) is 5.32 Å². The molecule has 3 rings (SSSR count). The third kappa shape index (κ3) is 5.17. The van der Waals surface area contributed by atoms with Crippen molar-refractivity contribution in [3.05, 3.63) is 95.3 Å². The molecular formula is C24H20FNO4. The fourth-order valence-electron chi connectivity index (χ4n) is 2.77. The fourth-order valence-corrected chi connectivity index (χ4v) is 2.77. The Bertz CT molecular complexity index is 1080. The summed E-state index contributed by atoms with van der Waals surface area (Å²) in [6.45, 7) is 3.05. The Morgan fingerprint density at radius 3 is 2.07 bits per heavy atom. The van der Waals surface area contributed by atoms with Crippen LogP contribution in [0.2, 0.25) is 0 Å². The van der Waals surface area contributed by atoms with Crippen LogP contribution in [0.1, 0.15) is 40.1 Å². The molecule has 6 heteroatoms. The number of carbonyl (C=O) groups is 3. The lowest BCUT2D eigenvalue weighted by atomic mass is 10.0. The van der Waals surface area contributed by atoms with Crippen molar-refractivity contribution in [3.8, 4) is 5.75 Å². The van der Waals surface area contributed by atoms with Crippen LogP contribution in [-0.2, 0) is 4.79 Å². The van der Waals surface area contributed by atoms with E-state index in [1.54, 1.807) is 55.5 Å². The van der Waals surface area contributed by atoms with E-state index in [0.29, 0.717) is 28.1 Å². The number of benzene rings is 3. The number of halogens is 1. The van der Waals surface area contributed by atoms with Gasteiger partial charge in [0, 0.05) is 22.4 Å². The van der Waals surface area contributed by atoms with E-state index in [1.807, 2.05) is 0 Å². The lowest BCUT2D eigenvalue weighted by molar-refractivity contribution is -0.122. The van der Waals surface area contributed by atoms with Crippen LogP contribution >= 0.6 is 0 Å². The summed E-state index contributed by atoms with van der Waals surface area (Å²) in [5, 5.41) is 2.71. The zero-order chi connectivity index (χ0) is 21.7. The molecular weight excluding hydrogens is 385 g/mol. The Morgan fingerprint density at radius 1 is 0.867 bits per heavy atom. The Hall–Kier alpha value is -3.80. The van der Waals surface area contributed by atoms with E-state index in [9.17, 15) is 18.8 Å². The minimum atomic E-state index is -0.801. The molecule has 0 unspecified atom stereocenters. The monoisotopic (exact) mass is 405 g/mol. The minimum Gasteiger partial charge on any atom is -0.481 e. The summed E-state index contributed by atoms with van der Waals surface area (Å²) < 4.78 is 18.7. The quantitative estimate of drug-likeness (QED) is 0.580. The third-order valence-corrected chi connectivity index (χ3v) is 4.44. The van der Waals surface area contributed by atoms with E-state index >= 15 is 0 Å². The number of anilines is 1. The van der Waals surface area contributed by atoms with Gasteiger partial charge in [-0.1, -0.05) is 12.1 Å². The van der Waals surface area contributed by atoms with E-state index in [4.69, 9.17) is 4.74 Å². The number of hydrogen-bond donors (Lipinski definition) is 1. The van der Waals surface area contributed by atoms with Crippen LogP contribution in [0, 0.1) is 5.82 Å². The van der Waals surface area contributed by atoms with Crippen molar-refractivity contribution in [1.82, 2.24) is 0 Å². The van der Waals surface area contributed by atoms with Gasteiger partial charge in [0.1, 0.15) is 11.6 Å². The number of carbonyl (C=O) groups excluding carboxylic acids is 3. The maximum absolute atomic E-state index is 13.0. The van der Waals surface area contributed by atoms with Crippen LogP contribution in [0.5, 0.6) is 5.75 Å². The molecule has 5 nitrogen and oxygen atoms in total. The normalized spacial score (nSPS) is 11.4. The second kappa shape index (κ2) is 9.13. The van der Waals surface area contributed by atoms with E-state index in [1.165, 1.54) is 31.2 Å². The Labute approximate surface area is 173 Å². The minimum absolute atomic E-state index is 0.0920. The maximum Gasteiger partial charge on any atom is 0.265 e. The smallest absolute Gasteiger partial charge is 0.265 e. The molecule has 152 valence electrons. The first-order chi connectivity index (χ1) is 14.3. The number of amides is 1. The van der Waals surface area contributed by atoms with E-state index in [-0.39, 0.29) is 17.5 Å². The second-order valence-corrected chi connectivity index (χ2v) is 6.75. The van der Waals surface area contributed by atoms with E-state index in [2.05, 4.69) is 5.32 Å². The highest BCUT2D eigenvalue weighted by molar-refractivity contribution is 6.09. The summed E-state index contributed by atoms with van der Waals surface area (Å²) in [6, 6.07) is 18.3. The van der Waals surface area contributed by atoms with Gasteiger partial charge in [-0.15, -0.1) is 0 Å². The molecule has 0 aliphatic carbocycles. The molecule has 0 aliphatic heterocycles. The van der Waals surface area contributed by atoms with Gasteiger partial charge in [-0.25, -0.2) is 4.39 Å². The van der Waals surface area contributed by atoms with Crippen LogP contribution in [0.3, 0.4) is 0 Å². The first-order valence-electron chi connectivity index (χ1n) is 9.32. The maximum atomic E-state index is 13.0. The number of rotatable bonds is 7. The third-order valence-electron chi connectivity index (χ3n) is 4.44. The number of hydrogen-bond acceptors (Lipinski definition) is 4. The predicted molar refractivity (Wildman–Crippen MR) is 111 cm³/mol. The Balaban J connectivity index is 1.62. The molecule has 1 amide bonds. The van der Waals surface area contributed by atoms with E-state index in [0.717, 1.165) is 0 Å². The van der Waals surface area contributed by atoms with Crippen LogP contribution in [0.25, 0.3) is 0 Å². The zero-order valence-electron chi connectivity index (χ0n) is 16.5. The average molecular weight is 405 g/mol. The molecule has 0 heterocycles. The molecule has 1 atom stereocenters. The average Bonchev–Trinajstić information content (AvgIpc) is 2.74. The number of nitrogens with one attached hydrogen (secondary N) is 1. The molecule has 30 heavy (non-hydrogen) atoms. The van der Waals surface area contributed by atoms with Crippen molar-refractivity contribution in [3.63, 3.8) is 0 Å². The lowest BCUT2D eigenvalue weighted by Crippen LogP contribution is -2.30. The predicted octanol–water partition coefficient (Wildman–Crippen LogP) is 4.67. The lowest BCUT2D eigenvalue weighted by Gasteiger charge is -2.15. The summed E-state index contributed by atoms with van der Waals surface area (Å²) in [5.74, 6) is -0.688. The van der Waals surface area contributed by atoms with Gasteiger partial charge in [-0.2, -0.15) is 0 Å². The summed E-state index contributed by atoms with van der Waals surface area (Å²) in [7, 11) is 0. The van der Waals surface area contributed by atoms with Crippen molar-refractivity contribution in [2.24, 2.45) is 0 Å². The first kappa shape index (κ1) is 20.9. The highest BCUT2D eigenvalue weighted by Gasteiger charge is 2.16. The Kier molecular flexibility index (Phi) is 6.37. The molecule has 0 radical (unpaired) electrons. The molecule has 3 aromatic rings. The molecule has 0 saturated carbocycles. The Morgan fingerprint density at radius 2 is 1.47 bits per heavy atom. The molecule has 1 N–H and O–H groups in total. The van der Waals surface area contributed by atoms with Gasteiger partial charge in [0.15, 0.2) is 17.7 Å². The summed E-state index contributed by atoms with van der Waals surface area (Å²) in [5.41, 5.74) is 1.81. The van der Waals surface area contributed by atoms with E-state index < -0.39 is 11.9 Å². The van der Waals surface area contributed by atoms with Crippen molar-refractivity contribution >= 4 is 23.2 Å². The van der Waals surface area contributed by atoms with Crippen molar-refractivity contribution in [2.45, 2.75) is 20.0 Å². The van der Waals surface area contributed by atoms with Gasteiger partial charge in [0.2, 0.25) is 0 Å². The van der Waals surface area contributed by atoms with Gasteiger partial charge in [0.05, 0.1) is 0 Å². The van der Waals surface area contributed by atoms with Gasteiger partial charge in [0.25, 0.3) is 5.91 Å². The summed E-state index contributed by atoms with van der Waals surface area (Å²) in [6.07, 6.45) is -0.801. The SMILES string of the molecule is CC(=O)c1cccc(NC(=O)[C@H](C)Oc2ccc(C(=O)c3ccc(F)cc3)cc2)c1. The molecule has 0 aromatic heterocycles. The molecule has 0 aliphatic rings. The number of ether oxygens (including phenoxy) is 1.